The van der Waals surface area contributed by atoms with Crippen molar-refractivity contribution in [3.05, 3.63) is 30.1 Å². The highest BCUT2D eigenvalue weighted by molar-refractivity contribution is 5.75. The van der Waals surface area contributed by atoms with Gasteiger partial charge in [-0.05, 0) is 38.2 Å². The van der Waals surface area contributed by atoms with Gasteiger partial charge in [0.2, 0.25) is 0 Å². The van der Waals surface area contributed by atoms with Crippen molar-refractivity contribution in [3.8, 4) is 0 Å². The lowest BCUT2D eigenvalue weighted by atomic mass is 10.3. The lowest BCUT2D eigenvalue weighted by molar-refractivity contribution is 0.251. The summed E-state index contributed by atoms with van der Waals surface area (Å²) in [7, 11) is 2.13. The molecule has 0 aliphatic carbocycles. The van der Waals surface area contributed by atoms with Gasteiger partial charge in [-0.15, -0.1) is 0 Å². The topological polar surface area (TPSA) is 24.3 Å². The van der Waals surface area contributed by atoms with Crippen molar-refractivity contribution in [1.29, 1.82) is 0 Å². The lowest BCUT2D eigenvalue weighted by Gasteiger charge is -2.20. The minimum atomic E-state index is 0.961. The van der Waals surface area contributed by atoms with Crippen LogP contribution in [0, 0.1) is 0 Å². The minimum absolute atomic E-state index is 0.961. The van der Waals surface area contributed by atoms with E-state index in [0.717, 1.165) is 18.6 Å². The van der Waals surface area contributed by atoms with Crippen LogP contribution in [0.1, 0.15) is 19.2 Å². The van der Waals surface area contributed by atoms with Crippen LogP contribution >= 0.6 is 0 Å². The summed E-state index contributed by atoms with van der Waals surface area (Å²) < 4.78 is 2.23. The quantitative estimate of drug-likeness (QED) is 0.855. The summed E-state index contributed by atoms with van der Waals surface area (Å²) in [5.74, 6) is 1.18. The summed E-state index contributed by atoms with van der Waals surface area (Å²) in [5, 5.41) is 0. The van der Waals surface area contributed by atoms with Crippen LogP contribution in [0.2, 0.25) is 0 Å². The highest BCUT2D eigenvalue weighted by Crippen LogP contribution is 2.16. The average molecular weight is 272 g/mol. The molecule has 0 unspecified atom stereocenters. The molecule has 4 nitrogen and oxygen atoms in total. The van der Waals surface area contributed by atoms with E-state index in [2.05, 4.69) is 52.6 Å². The third-order valence-corrected chi connectivity index (χ3v) is 4.37. The van der Waals surface area contributed by atoms with Crippen molar-refractivity contribution in [3.63, 3.8) is 0 Å². The van der Waals surface area contributed by atoms with Gasteiger partial charge in [-0.1, -0.05) is 19.1 Å². The monoisotopic (exact) mass is 272 g/mol. The van der Waals surface area contributed by atoms with E-state index < -0.39 is 0 Å². The second-order valence-corrected chi connectivity index (χ2v) is 5.64. The Balaban J connectivity index is 1.74. The molecular weight excluding hydrogens is 248 g/mol. The van der Waals surface area contributed by atoms with Crippen molar-refractivity contribution < 1.29 is 0 Å². The van der Waals surface area contributed by atoms with Gasteiger partial charge >= 0.3 is 0 Å². The van der Waals surface area contributed by atoms with Gasteiger partial charge in [0, 0.05) is 20.1 Å². The summed E-state index contributed by atoms with van der Waals surface area (Å²) in [6, 6.07) is 8.39. The molecule has 0 amide bonds. The van der Waals surface area contributed by atoms with Crippen LogP contribution in [0.3, 0.4) is 0 Å². The number of imidazole rings is 1. The summed E-state index contributed by atoms with van der Waals surface area (Å²) in [6.45, 7) is 9.12. The van der Waals surface area contributed by atoms with Crippen molar-refractivity contribution >= 4 is 11.0 Å². The van der Waals surface area contributed by atoms with Crippen LogP contribution in [0.15, 0.2) is 24.3 Å². The molecule has 1 saturated heterocycles. The lowest BCUT2D eigenvalue weighted by Crippen LogP contribution is -2.31. The van der Waals surface area contributed by atoms with E-state index in [1.807, 2.05) is 0 Å². The predicted molar refractivity (Wildman–Crippen MR) is 82.7 cm³/mol. The number of hydrogen-bond acceptors (Lipinski definition) is 3. The van der Waals surface area contributed by atoms with E-state index in [0.29, 0.717) is 0 Å². The molecule has 2 heterocycles. The maximum Gasteiger partial charge on any atom is 0.123 e. The Labute approximate surface area is 121 Å². The van der Waals surface area contributed by atoms with E-state index in [1.54, 1.807) is 0 Å². The number of aromatic nitrogens is 2. The summed E-state index contributed by atoms with van der Waals surface area (Å²) >= 11 is 0. The SMILES string of the molecule is CCN1CCCN(Cc2nc3ccccc3n2C)CC1. The predicted octanol–water partition coefficient (Wildman–Crippen LogP) is 2.10. The molecule has 1 aliphatic heterocycles. The third kappa shape index (κ3) is 2.72. The van der Waals surface area contributed by atoms with Gasteiger partial charge in [0.1, 0.15) is 5.82 Å². The molecular formula is C16H24N4. The number of hydrogen-bond donors (Lipinski definition) is 0. The molecule has 0 saturated carbocycles. The average Bonchev–Trinajstić information content (AvgIpc) is 2.65. The number of likely N-dealkylation sites (N-methyl/N-ethyl adjacent to an activating group) is 1. The molecule has 2 aromatic rings. The van der Waals surface area contributed by atoms with Crippen molar-refractivity contribution in [2.24, 2.45) is 7.05 Å². The van der Waals surface area contributed by atoms with Gasteiger partial charge in [-0.2, -0.15) is 0 Å². The molecule has 3 rings (SSSR count). The molecule has 0 N–H and O–H groups in total. The third-order valence-electron chi connectivity index (χ3n) is 4.37. The summed E-state index contributed by atoms with van der Waals surface area (Å²) in [6.07, 6.45) is 1.26. The minimum Gasteiger partial charge on any atom is -0.330 e. The van der Waals surface area contributed by atoms with Gasteiger partial charge < -0.3 is 9.47 Å². The Bertz CT molecular complexity index is 575. The zero-order valence-corrected chi connectivity index (χ0v) is 12.5. The fraction of sp³-hybridized carbons (Fsp3) is 0.562. The first-order chi connectivity index (χ1) is 9.78. The number of nitrogens with zero attached hydrogens (tertiary/aromatic N) is 4. The Kier molecular flexibility index (Phi) is 4.03. The Morgan fingerprint density at radius 1 is 1.05 bits per heavy atom. The molecule has 0 atom stereocenters. The Morgan fingerprint density at radius 2 is 1.80 bits per heavy atom. The first-order valence-corrected chi connectivity index (χ1v) is 7.63. The van der Waals surface area contributed by atoms with E-state index in [4.69, 9.17) is 4.98 Å². The van der Waals surface area contributed by atoms with Crippen LogP contribution in [0.5, 0.6) is 0 Å². The van der Waals surface area contributed by atoms with Gasteiger partial charge in [0.05, 0.1) is 17.6 Å². The van der Waals surface area contributed by atoms with Gasteiger partial charge in [0.15, 0.2) is 0 Å². The highest BCUT2D eigenvalue weighted by atomic mass is 15.2. The van der Waals surface area contributed by atoms with Gasteiger partial charge in [-0.25, -0.2) is 4.98 Å². The van der Waals surface area contributed by atoms with Crippen molar-refractivity contribution in [2.75, 3.05) is 32.7 Å². The van der Waals surface area contributed by atoms with Crippen LogP contribution in [-0.4, -0.2) is 52.1 Å². The fourth-order valence-corrected chi connectivity index (χ4v) is 3.04. The number of para-hydroxylation sites is 2. The molecule has 20 heavy (non-hydrogen) atoms. The largest absolute Gasteiger partial charge is 0.330 e. The normalized spacial score (nSPS) is 18.5. The molecule has 1 aromatic carbocycles. The number of fused-ring (bicyclic) bond motifs is 1. The van der Waals surface area contributed by atoms with Crippen molar-refractivity contribution in [1.82, 2.24) is 19.4 Å². The van der Waals surface area contributed by atoms with Crippen LogP contribution < -0.4 is 0 Å². The van der Waals surface area contributed by atoms with Crippen LogP contribution in [0.25, 0.3) is 11.0 Å². The number of aryl methyl sites for hydroxylation is 1. The molecule has 1 aromatic heterocycles. The molecule has 0 bridgehead atoms. The van der Waals surface area contributed by atoms with Crippen LogP contribution in [0.4, 0.5) is 0 Å². The zero-order valence-electron chi connectivity index (χ0n) is 12.5. The first-order valence-electron chi connectivity index (χ1n) is 7.63. The van der Waals surface area contributed by atoms with Gasteiger partial charge in [-0.3, -0.25) is 4.90 Å². The smallest absolute Gasteiger partial charge is 0.123 e. The molecule has 4 heteroatoms. The van der Waals surface area contributed by atoms with E-state index in [1.165, 1.54) is 43.9 Å². The van der Waals surface area contributed by atoms with E-state index in [9.17, 15) is 0 Å². The molecule has 0 radical (unpaired) electrons. The summed E-state index contributed by atoms with van der Waals surface area (Å²) in [4.78, 5) is 9.86. The summed E-state index contributed by atoms with van der Waals surface area (Å²) in [5.41, 5.74) is 2.34. The van der Waals surface area contributed by atoms with Crippen LogP contribution in [-0.2, 0) is 13.6 Å². The Hall–Kier alpha value is -1.39. The van der Waals surface area contributed by atoms with E-state index >= 15 is 0 Å². The van der Waals surface area contributed by atoms with E-state index in [-0.39, 0.29) is 0 Å². The second-order valence-electron chi connectivity index (χ2n) is 5.64. The number of rotatable bonds is 3. The maximum absolute atomic E-state index is 4.78. The van der Waals surface area contributed by atoms with Gasteiger partial charge in [0.25, 0.3) is 0 Å². The second kappa shape index (κ2) is 5.94. The number of benzene rings is 1. The highest BCUT2D eigenvalue weighted by Gasteiger charge is 2.16. The Morgan fingerprint density at radius 3 is 2.60 bits per heavy atom. The maximum atomic E-state index is 4.78. The van der Waals surface area contributed by atoms with Crippen molar-refractivity contribution in [2.45, 2.75) is 19.9 Å². The molecule has 108 valence electrons. The molecule has 1 fully saturated rings. The standard InChI is InChI=1S/C16H24N4/c1-3-19-9-6-10-20(12-11-19)13-16-17-14-7-4-5-8-15(14)18(16)2/h4-5,7-8H,3,6,9-13H2,1-2H3. The fourth-order valence-electron chi connectivity index (χ4n) is 3.04. The molecule has 1 aliphatic rings. The molecule has 0 spiro atoms. The zero-order chi connectivity index (χ0) is 13.9. The first kappa shape index (κ1) is 13.6.